The molecule has 0 spiro atoms. The maximum atomic E-state index is 11.9. The first kappa shape index (κ1) is 16.9. The summed E-state index contributed by atoms with van der Waals surface area (Å²) in [6.07, 6.45) is 4.84. The van der Waals surface area contributed by atoms with Gasteiger partial charge >= 0.3 is 0 Å². The van der Waals surface area contributed by atoms with Crippen LogP contribution in [0.25, 0.3) is 0 Å². The Morgan fingerprint density at radius 1 is 1.36 bits per heavy atom. The number of amides is 1. The molecule has 2 heterocycles. The summed E-state index contributed by atoms with van der Waals surface area (Å²) >= 11 is 0. The molecule has 2 rings (SSSR count). The highest BCUT2D eigenvalue weighted by atomic mass is 16.1. The van der Waals surface area contributed by atoms with Crippen LogP contribution in [0.1, 0.15) is 42.9 Å². The Labute approximate surface area is 133 Å². The van der Waals surface area contributed by atoms with Gasteiger partial charge in [-0.25, -0.2) is 9.97 Å². The molecule has 5 heteroatoms. The third kappa shape index (κ3) is 5.72. The molecule has 1 saturated heterocycles. The van der Waals surface area contributed by atoms with E-state index in [4.69, 9.17) is 0 Å². The van der Waals surface area contributed by atoms with Crippen molar-refractivity contribution >= 4 is 5.91 Å². The standard InChI is InChI=1S/C17H28N4O/c1-13-11-14(2)20-16(19-13)8-9-18-17(22)7-6-15-5-4-10-21(3)12-15/h11,15H,4-10,12H2,1-3H3,(H,18,22)/t15-/m1/s1. The molecule has 122 valence electrons. The van der Waals surface area contributed by atoms with Gasteiger partial charge in [-0.15, -0.1) is 0 Å². The maximum Gasteiger partial charge on any atom is 0.220 e. The molecule has 22 heavy (non-hydrogen) atoms. The second kappa shape index (κ2) is 8.22. The number of nitrogens with zero attached hydrogens (tertiary/aromatic N) is 3. The van der Waals surface area contributed by atoms with Crippen LogP contribution < -0.4 is 5.32 Å². The lowest BCUT2D eigenvalue weighted by molar-refractivity contribution is -0.121. The Hall–Kier alpha value is -1.49. The summed E-state index contributed by atoms with van der Waals surface area (Å²) in [7, 11) is 2.16. The average Bonchev–Trinajstić information content (AvgIpc) is 2.44. The van der Waals surface area contributed by atoms with Crippen molar-refractivity contribution in [3.05, 3.63) is 23.3 Å². The van der Waals surface area contributed by atoms with Crippen molar-refractivity contribution in [2.75, 3.05) is 26.7 Å². The Bertz CT molecular complexity index is 483. The van der Waals surface area contributed by atoms with Crippen molar-refractivity contribution in [3.63, 3.8) is 0 Å². The highest BCUT2D eigenvalue weighted by Gasteiger charge is 2.17. The van der Waals surface area contributed by atoms with E-state index in [1.54, 1.807) is 0 Å². The summed E-state index contributed by atoms with van der Waals surface area (Å²) in [6.45, 7) is 6.88. The van der Waals surface area contributed by atoms with E-state index in [1.165, 1.54) is 19.4 Å². The second-order valence-corrected chi connectivity index (χ2v) is 6.48. The van der Waals surface area contributed by atoms with Crippen LogP contribution in [-0.4, -0.2) is 47.5 Å². The van der Waals surface area contributed by atoms with E-state index in [2.05, 4.69) is 27.2 Å². The molecule has 1 amide bonds. The van der Waals surface area contributed by atoms with Gasteiger partial charge in [-0.05, 0) is 58.7 Å². The molecule has 1 aromatic heterocycles. The van der Waals surface area contributed by atoms with Crippen LogP contribution in [0.15, 0.2) is 6.07 Å². The normalized spacial score (nSPS) is 19.1. The van der Waals surface area contributed by atoms with Crippen molar-refractivity contribution < 1.29 is 4.79 Å². The number of aromatic nitrogens is 2. The molecule has 1 atom stereocenters. The van der Waals surface area contributed by atoms with E-state index >= 15 is 0 Å². The van der Waals surface area contributed by atoms with Gasteiger partial charge in [0, 0.05) is 37.3 Å². The number of likely N-dealkylation sites (tertiary alicyclic amines) is 1. The second-order valence-electron chi connectivity index (χ2n) is 6.48. The number of carbonyl (C=O) groups excluding carboxylic acids is 1. The minimum atomic E-state index is 0.151. The van der Waals surface area contributed by atoms with E-state index < -0.39 is 0 Å². The van der Waals surface area contributed by atoms with Crippen molar-refractivity contribution in [1.29, 1.82) is 0 Å². The molecule has 1 aromatic rings. The summed E-state index contributed by atoms with van der Waals surface area (Å²) in [4.78, 5) is 23.1. The summed E-state index contributed by atoms with van der Waals surface area (Å²) in [5.74, 6) is 1.64. The predicted molar refractivity (Wildman–Crippen MR) is 87.7 cm³/mol. The summed E-state index contributed by atoms with van der Waals surface area (Å²) < 4.78 is 0. The monoisotopic (exact) mass is 304 g/mol. The number of hydrogen-bond donors (Lipinski definition) is 1. The highest BCUT2D eigenvalue weighted by molar-refractivity contribution is 5.75. The first-order valence-corrected chi connectivity index (χ1v) is 8.29. The quantitative estimate of drug-likeness (QED) is 0.872. The number of rotatable bonds is 6. The molecule has 0 aromatic carbocycles. The van der Waals surface area contributed by atoms with Crippen LogP contribution in [0.4, 0.5) is 0 Å². The fraction of sp³-hybridized carbons (Fsp3) is 0.706. The van der Waals surface area contributed by atoms with Gasteiger partial charge in [0.1, 0.15) is 5.82 Å². The van der Waals surface area contributed by atoms with Gasteiger partial charge in [-0.3, -0.25) is 4.79 Å². The highest BCUT2D eigenvalue weighted by Crippen LogP contribution is 2.19. The molecular formula is C17H28N4O. The lowest BCUT2D eigenvalue weighted by Crippen LogP contribution is -2.33. The smallest absolute Gasteiger partial charge is 0.220 e. The zero-order valence-corrected chi connectivity index (χ0v) is 14.1. The molecule has 1 N–H and O–H groups in total. The summed E-state index contributed by atoms with van der Waals surface area (Å²) in [6, 6.07) is 1.96. The molecule has 1 fully saturated rings. The Morgan fingerprint density at radius 3 is 2.77 bits per heavy atom. The van der Waals surface area contributed by atoms with Crippen molar-refractivity contribution in [3.8, 4) is 0 Å². The van der Waals surface area contributed by atoms with Gasteiger partial charge in [0.2, 0.25) is 5.91 Å². The van der Waals surface area contributed by atoms with Crippen molar-refractivity contribution in [2.45, 2.75) is 46.0 Å². The largest absolute Gasteiger partial charge is 0.356 e. The van der Waals surface area contributed by atoms with Gasteiger partial charge in [-0.2, -0.15) is 0 Å². The van der Waals surface area contributed by atoms with E-state index in [1.807, 2.05) is 19.9 Å². The fourth-order valence-electron chi connectivity index (χ4n) is 3.16. The number of hydrogen-bond acceptors (Lipinski definition) is 4. The van der Waals surface area contributed by atoms with E-state index in [-0.39, 0.29) is 5.91 Å². The van der Waals surface area contributed by atoms with Crippen LogP contribution in [0.3, 0.4) is 0 Å². The first-order valence-electron chi connectivity index (χ1n) is 8.29. The SMILES string of the molecule is Cc1cc(C)nc(CCNC(=O)CC[C@H]2CCCN(C)C2)n1. The van der Waals surface area contributed by atoms with E-state index in [9.17, 15) is 4.79 Å². The molecular weight excluding hydrogens is 276 g/mol. The molecule has 0 bridgehead atoms. The lowest BCUT2D eigenvalue weighted by Gasteiger charge is -2.29. The Balaban J connectivity index is 1.65. The van der Waals surface area contributed by atoms with Crippen LogP contribution in [0.2, 0.25) is 0 Å². The Kier molecular flexibility index (Phi) is 6.31. The molecule has 0 unspecified atom stereocenters. The zero-order chi connectivity index (χ0) is 15.9. The summed E-state index contributed by atoms with van der Waals surface area (Å²) in [5, 5.41) is 2.99. The third-order valence-corrected chi connectivity index (χ3v) is 4.20. The Morgan fingerprint density at radius 2 is 2.09 bits per heavy atom. The predicted octanol–water partition coefficient (Wildman–Crippen LogP) is 1.87. The topological polar surface area (TPSA) is 58.1 Å². The third-order valence-electron chi connectivity index (χ3n) is 4.20. The molecule has 1 aliphatic heterocycles. The van der Waals surface area contributed by atoms with Gasteiger partial charge in [0.05, 0.1) is 0 Å². The van der Waals surface area contributed by atoms with Gasteiger partial charge in [0.15, 0.2) is 0 Å². The molecule has 0 radical (unpaired) electrons. The number of nitrogens with one attached hydrogen (secondary N) is 1. The first-order chi connectivity index (χ1) is 10.5. The van der Waals surface area contributed by atoms with Gasteiger partial charge in [0.25, 0.3) is 0 Å². The average molecular weight is 304 g/mol. The molecule has 0 saturated carbocycles. The van der Waals surface area contributed by atoms with Gasteiger partial charge in [-0.1, -0.05) is 0 Å². The van der Waals surface area contributed by atoms with Gasteiger partial charge < -0.3 is 10.2 Å². The zero-order valence-electron chi connectivity index (χ0n) is 14.1. The lowest BCUT2D eigenvalue weighted by atomic mass is 9.93. The van der Waals surface area contributed by atoms with Crippen molar-refractivity contribution in [2.24, 2.45) is 5.92 Å². The van der Waals surface area contributed by atoms with Crippen LogP contribution >= 0.6 is 0 Å². The van der Waals surface area contributed by atoms with Crippen LogP contribution in [-0.2, 0) is 11.2 Å². The molecule has 1 aliphatic rings. The van der Waals surface area contributed by atoms with Crippen LogP contribution in [0.5, 0.6) is 0 Å². The summed E-state index contributed by atoms with van der Waals surface area (Å²) in [5.41, 5.74) is 1.96. The minimum absolute atomic E-state index is 0.151. The van der Waals surface area contributed by atoms with Crippen molar-refractivity contribution in [1.82, 2.24) is 20.2 Å². The van der Waals surface area contributed by atoms with E-state index in [0.29, 0.717) is 25.3 Å². The molecule has 5 nitrogen and oxygen atoms in total. The number of aryl methyl sites for hydroxylation is 2. The number of piperidine rings is 1. The fourth-order valence-corrected chi connectivity index (χ4v) is 3.16. The van der Waals surface area contributed by atoms with Crippen LogP contribution in [0, 0.1) is 19.8 Å². The maximum absolute atomic E-state index is 11.9. The minimum Gasteiger partial charge on any atom is -0.356 e. The number of carbonyl (C=O) groups is 1. The van der Waals surface area contributed by atoms with E-state index in [0.717, 1.165) is 30.2 Å². The molecule has 0 aliphatic carbocycles.